The van der Waals surface area contributed by atoms with Gasteiger partial charge in [-0.1, -0.05) is 29.8 Å². The number of benzene rings is 1. The minimum atomic E-state index is -0.375. The van der Waals surface area contributed by atoms with Gasteiger partial charge in [-0.15, -0.1) is 0 Å². The third-order valence-electron chi connectivity index (χ3n) is 5.99. The summed E-state index contributed by atoms with van der Waals surface area (Å²) >= 11 is 0. The number of hydrogen-bond donors (Lipinski definition) is 0. The van der Waals surface area contributed by atoms with Crippen molar-refractivity contribution in [2.24, 2.45) is 10.9 Å². The number of aryl methyl sites for hydroxylation is 1. The molecular formula is C23H27NO4. The fraction of sp³-hybridized carbons (Fsp3) is 0.522. The highest BCUT2D eigenvalue weighted by atomic mass is 16.6. The van der Waals surface area contributed by atoms with Crippen molar-refractivity contribution in [3.05, 3.63) is 46.7 Å². The molecule has 0 N–H and O–H groups in total. The average molecular weight is 381 g/mol. The summed E-state index contributed by atoms with van der Waals surface area (Å²) in [4.78, 5) is 30.6. The fourth-order valence-electron chi connectivity index (χ4n) is 4.54. The van der Waals surface area contributed by atoms with Crippen LogP contribution in [0.15, 0.2) is 40.5 Å². The van der Waals surface area contributed by atoms with Crippen molar-refractivity contribution in [2.75, 3.05) is 13.2 Å². The Morgan fingerprint density at radius 2 is 1.93 bits per heavy atom. The van der Waals surface area contributed by atoms with Gasteiger partial charge in [0.15, 0.2) is 0 Å². The molecule has 2 heterocycles. The van der Waals surface area contributed by atoms with Gasteiger partial charge in [-0.2, -0.15) is 0 Å². The fourth-order valence-corrected chi connectivity index (χ4v) is 4.54. The first-order valence-electron chi connectivity index (χ1n) is 10.2. The molecule has 148 valence electrons. The van der Waals surface area contributed by atoms with Crippen molar-refractivity contribution in [1.82, 2.24) is 0 Å². The number of carbonyl (C=O) groups excluding carboxylic acids is 2. The van der Waals surface area contributed by atoms with E-state index in [1.807, 2.05) is 38.1 Å². The number of hydrogen-bond acceptors (Lipinski definition) is 5. The molecule has 3 atom stereocenters. The van der Waals surface area contributed by atoms with Gasteiger partial charge in [0.1, 0.15) is 12.4 Å². The van der Waals surface area contributed by atoms with E-state index in [4.69, 9.17) is 9.47 Å². The number of aliphatic imine (C=N–C) groups is 1. The third-order valence-corrected chi connectivity index (χ3v) is 5.99. The lowest BCUT2D eigenvalue weighted by Gasteiger charge is -2.35. The number of nitrogens with zero attached hydrogens (tertiary/aromatic N) is 1. The van der Waals surface area contributed by atoms with E-state index in [2.05, 4.69) is 4.99 Å². The van der Waals surface area contributed by atoms with Crippen LogP contribution in [0.4, 0.5) is 0 Å². The molecule has 1 aromatic carbocycles. The minimum Gasteiger partial charge on any atom is -0.460 e. The van der Waals surface area contributed by atoms with E-state index >= 15 is 0 Å². The number of esters is 1. The summed E-state index contributed by atoms with van der Waals surface area (Å²) in [6.45, 7) is 4.86. The molecule has 2 aliphatic heterocycles. The third kappa shape index (κ3) is 3.68. The van der Waals surface area contributed by atoms with Crippen LogP contribution in [0, 0.1) is 12.8 Å². The van der Waals surface area contributed by atoms with E-state index in [9.17, 15) is 9.59 Å². The van der Waals surface area contributed by atoms with E-state index in [0.717, 1.165) is 49.1 Å². The maximum Gasteiger partial charge on any atom is 0.336 e. The van der Waals surface area contributed by atoms with Crippen molar-refractivity contribution >= 4 is 17.5 Å². The molecule has 5 nitrogen and oxygen atoms in total. The summed E-state index contributed by atoms with van der Waals surface area (Å²) < 4.78 is 11.2. The lowest BCUT2D eigenvalue weighted by Crippen LogP contribution is -2.39. The highest BCUT2D eigenvalue weighted by molar-refractivity contribution is 6.11. The first kappa shape index (κ1) is 19.1. The number of Topliss-reactive ketones (excluding diaryl/α,β-unsaturated/α-hetero) is 1. The maximum absolute atomic E-state index is 13.1. The summed E-state index contributed by atoms with van der Waals surface area (Å²) in [5.41, 5.74) is 4.22. The molecule has 28 heavy (non-hydrogen) atoms. The number of ether oxygens (including phenoxy) is 2. The Morgan fingerprint density at radius 1 is 1.14 bits per heavy atom. The molecule has 3 aliphatic rings. The molecule has 0 radical (unpaired) electrons. The van der Waals surface area contributed by atoms with Gasteiger partial charge < -0.3 is 9.47 Å². The monoisotopic (exact) mass is 381 g/mol. The Morgan fingerprint density at radius 3 is 2.64 bits per heavy atom. The largest absolute Gasteiger partial charge is 0.460 e. The molecular weight excluding hydrogens is 354 g/mol. The van der Waals surface area contributed by atoms with E-state index in [1.165, 1.54) is 0 Å². The zero-order valence-electron chi connectivity index (χ0n) is 16.6. The number of rotatable bonds is 4. The number of carbonyl (C=O) groups is 2. The highest BCUT2D eigenvalue weighted by Gasteiger charge is 2.43. The molecule has 0 aromatic heterocycles. The lowest BCUT2D eigenvalue weighted by atomic mass is 9.69. The van der Waals surface area contributed by atoms with Crippen molar-refractivity contribution in [3.8, 4) is 0 Å². The molecule has 5 heteroatoms. The second-order valence-corrected chi connectivity index (χ2v) is 8.02. The molecule has 1 aliphatic carbocycles. The van der Waals surface area contributed by atoms with E-state index in [-0.39, 0.29) is 36.3 Å². The first-order chi connectivity index (χ1) is 13.5. The number of ketones is 1. The summed E-state index contributed by atoms with van der Waals surface area (Å²) in [6.07, 6.45) is 4.08. The van der Waals surface area contributed by atoms with Gasteiger partial charge in [-0.3, -0.25) is 9.79 Å². The predicted octanol–water partition coefficient (Wildman–Crippen LogP) is 3.90. The Hall–Kier alpha value is -2.27. The smallest absolute Gasteiger partial charge is 0.336 e. The van der Waals surface area contributed by atoms with Crippen LogP contribution in [0.25, 0.3) is 0 Å². The lowest BCUT2D eigenvalue weighted by molar-refractivity contribution is -0.142. The molecule has 0 spiro atoms. The van der Waals surface area contributed by atoms with Crippen molar-refractivity contribution in [3.63, 3.8) is 0 Å². The zero-order valence-corrected chi connectivity index (χ0v) is 16.6. The van der Waals surface area contributed by atoms with Gasteiger partial charge in [-0.25, -0.2) is 4.79 Å². The Kier molecular flexibility index (Phi) is 5.44. The molecule has 1 unspecified atom stereocenters. The Labute approximate surface area is 165 Å². The average Bonchev–Trinajstić information content (AvgIpc) is 3.19. The molecule has 2 fully saturated rings. The van der Waals surface area contributed by atoms with Gasteiger partial charge in [0.05, 0.1) is 17.6 Å². The normalized spacial score (nSPS) is 27.4. The van der Waals surface area contributed by atoms with Crippen LogP contribution in [-0.4, -0.2) is 36.8 Å². The molecule has 0 bridgehead atoms. The van der Waals surface area contributed by atoms with E-state index in [0.29, 0.717) is 17.7 Å². The van der Waals surface area contributed by atoms with Crippen LogP contribution in [0.1, 0.15) is 56.1 Å². The van der Waals surface area contributed by atoms with E-state index in [1.54, 1.807) is 0 Å². The summed E-state index contributed by atoms with van der Waals surface area (Å²) in [5.74, 6) is -0.879. The van der Waals surface area contributed by atoms with Crippen LogP contribution in [-0.2, 0) is 19.1 Å². The predicted molar refractivity (Wildman–Crippen MR) is 106 cm³/mol. The van der Waals surface area contributed by atoms with Crippen molar-refractivity contribution in [1.29, 1.82) is 0 Å². The quantitative estimate of drug-likeness (QED) is 0.742. The topological polar surface area (TPSA) is 65.0 Å². The van der Waals surface area contributed by atoms with Crippen LogP contribution < -0.4 is 0 Å². The minimum absolute atomic E-state index is 0.0263. The summed E-state index contributed by atoms with van der Waals surface area (Å²) in [5, 5.41) is 0. The molecule has 1 saturated carbocycles. The van der Waals surface area contributed by atoms with Gasteiger partial charge in [0, 0.05) is 30.4 Å². The van der Waals surface area contributed by atoms with Crippen molar-refractivity contribution in [2.45, 2.75) is 58.0 Å². The maximum atomic E-state index is 13.1. The first-order valence-corrected chi connectivity index (χ1v) is 10.2. The van der Waals surface area contributed by atoms with Gasteiger partial charge in [-0.05, 0) is 45.1 Å². The van der Waals surface area contributed by atoms with Gasteiger partial charge in [0.2, 0.25) is 0 Å². The second-order valence-electron chi connectivity index (χ2n) is 8.02. The standard InChI is InChI=1S/C23H27NO4/c1-14-8-10-16(11-9-14)21-20(23(26)28-13-17-5-4-12-27-17)15(2)24-18-6-3-7-19(25)22(18)21/h8-11,17,21-22H,3-7,12-13H2,1-2H3/t17-,21-,22?/m0/s1. The number of fused-ring (bicyclic) bond motifs is 1. The number of allylic oxidation sites excluding steroid dienone is 1. The second kappa shape index (κ2) is 8.00. The summed E-state index contributed by atoms with van der Waals surface area (Å²) in [7, 11) is 0. The van der Waals surface area contributed by atoms with Crippen LogP contribution in [0.3, 0.4) is 0 Å². The van der Waals surface area contributed by atoms with Gasteiger partial charge >= 0.3 is 5.97 Å². The summed E-state index contributed by atoms with van der Waals surface area (Å²) in [6, 6.07) is 8.09. The zero-order chi connectivity index (χ0) is 19.7. The van der Waals surface area contributed by atoms with Gasteiger partial charge in [0.25, 0.3) is 0 Å². The van der Waals surface area contributed by atoms with Crippen LogP contribution in [0.2, 0.25) is 0 Å². The Bertz CT molecular complexity index is 831. The molecule has 0 amide bonds. The van der Waals surface area contributed by atoms with Crippen molar-refractivity contribution < 1.29 is 19.1 Å². The SMILES string of the molecule is CC1=C(C(=O)OC[C@@H]2CCCO2)[C@H](c2ccc(C)cc2)C2C(=O)CCCC2=N1. The molecule has 4 rings (SSSR count). The van der Waals surface area contributed by atoms with E-state index < -0.39 is 0 Å². The van der Waals surface area contributed by atoms with Crippen LogP contribution in [0.5, 0.6) is 0 Å². The Balaban J connectivity index is 1.68. The highest BCUT2D eigenvalue weighted by Crippen LogP contribution is 2.43. The van der Waals surface area contributed by atoms with Crippen LogP contribution >= 0.6 is 0 Å². The molecule has 1 saturated heterocycles. The molecule has 1 aromatic rings.